The number of halogens is 1. The van der Waals surface area contributed by atoms with E-state index < -0.39 is 6.10 Å². The lowest BCUT2D eigenvalue weighted by Gasteiger charge is -2.34. The number of carbonyl (C=O) groups is 2. The van der Waals surface area contributed by atoms with Crippen LogP contribution in [0.5, 0.6) is 5.75 Å². The van der Waals surface area contributed by atoms with Crippen molar-refractivity contribution in [1.82, 2.24) is 10.2 Å². The minimum absolute atomic E-state index is 0. The molecule has 2 heterocycles. The monoisotopic (exact) mass is 401 g/mol. The number of para-hydroxylation sites is 1. The van der Waals surface area contributed by atoms with Gasteiger partial charge < -0.3 is 20.3 Å². The predicted molar refractivity (Wildman–Crippen MR) is 110 cm³/mol. The van der Waals surface area contributed by atoms with Gasteiger partial charge in [0, 0.05) is 43.3 Å². The Morgan fingerprint density at radius 1 is 1.18 bits per heavy atom. The van der Waals surface area contributed by atoms with Crippen molar-refractivity contribution in [2.75, 3.05) is 25.0 Å². The number of carbonyl (C=O) groups excluding carboxylic acids is 2. The zero-order valence-corrected chi connectivity index (χ0v) is 16.5. The minimum Gasteiger partial charge on any atom is -0.480 e. The molecule has 7 heteroatoms. The van der Waals surface area contributed by atoms with E-state index in [0.29, 0.717) is 24.2 Å². The second kappa shape index (κ2) is 8.63. The predicted octanol–water partition coefficient (Wildman–Crippen LogP) is 2.48. The average molecular weight is 402 g/mol. The van der Waals surface area contributed by atoms with Crippen LogP contribution in [0, 0.1) is 0 Å². The van der Waals surface area contributed by atoms with Crippen molar-refractivity contribution < 1.29 is 14.3 Å². The molecule has 0 saturated carbocycles. The number of nitrogens with zero attached hydrogens (tertiary/aromatic N) is 1. The molecule has 1 saturated heterocycles. The molecule has 2 atom stereocenters. The first-order valence-electron chi connectivity index (χ1n) is 9.29. The molecule has 0 spiro atoms. The summed E-state index contributed by atoms with van der Waals surface area (Å²) in [6.07, 6.45) is 0.00814. The lowest BCUT2D eigenvalue weighted by molar-refractivity contribution is -0.122. The third kappa shape index (κ3) is 4.13. The van der Waals surface area contributed by atoms with Gasteiger partial charge in [0.2, 0.25) is 0 Å². The fourth-order valence-electron chi connectivity index (χ4n) is 3.59. The fraction of sp³-hybridized carbons (Fsp3) is 0.333. The second-order valence-corrected chi connectivity index (χ2v) is 7.04. The SMILES string of the molecule is C[C@@H]1CNCCN1C(=O)c1cccc(NC(=O)C2Cc3ccccc3O2)c1.Cl. The topological polar surface area (TPSA) is 70.7 Å². The van der Waals surface area contributed by atoms with Gasteiger partial charge in [0.25, 0.3) is 11.8 Å². The third-order valence-corrected chi connectivity index (χ3v) is 5.08. The number of benzene rings is 2. The minimum atomic E-state index is -0.546. The van der Waals surface area contributed by atoms with Gasteiger partial charge in [0.05, 0.1) is 0 Å². The zero-order valence-electron chi connectivity index (χ0n) is 15.7. The van der Waals surface area contributed by atoms with Crippen LogP contribution in [-0.2, 0) is 11.2 Å². The van der Waals surface area contributed by atoms with Gasteiger partial charge in [-0.1, -0.05) is 24.3 Å². The Labute approximate surface area is 170 Å². The fourth-order valence-corrected chi connectivity index (χ4v) is 3.59. The highest BCUT2D eigenvalue weighted by atomic mass is 35.5. The Balaban J connectivity index is 0.00000225. The number of amides is 2. The van der Waals surface area contributed by atoms with E-state index in [-0.39, 0.29) is 30.3 Å². The molecule has 2 aromatic carbocycles. The molecule has 6 nitrogen and oxygen atoms in total. The van der Waals surface area contributed by atoms with E-state index in [1.165, 1.54) is 0 Å². The van der Waals surface area contributed by atoms with Gasteiger partial charge in [-0.3, -0.25) is 9.59 Å². The van der Waals surface area contributed by atoms with Crippen LogP contribution in [0.3, 0.4) is 0 Å². The first-order valence-corrected chi connectivity index (χ1v) is 9.29. The smallest absolute Gasteiger partial charge is 0.265 e. The summed E-state index contributed by atoms with van der Waals surface area (Å²) in [4.78, 5) is 27.3. The molecule has 4 rings (SSSR count). The molecule has 0 aliphatic carbocycles. The van der Waals surface area contributed by atoms with Crippen LogP contribution in [0.4, 0.5) is 5.69 Å². The average Bonchev–Trinajstić information content (AvgIpc) is 3.12. The van der Waals surface area contributed by atoms with Gasteiger partial charge in [-0.2, -0.15) is 0 Å². The maximum atomic E-state index is 12.8. The summed E-state index contributed by atoms with van der Waals surface area (Å²) in [6.45, 7) is 4.31. The molecule has 0 aromatic heterocycles. The van der Waals surface area contributed by atoms with Gasteiger partial charge >= 0.3 is 0 Å². The molecule has 2 N–H and O–H groups in total. The van der Waals surface area contributed by atoms with Crippen molar-refractivity contribution in [3.8, 4) is 5.75 Å². The normalized spacial score (nSPS) is 20.5. The van der Waals surface area contributed by atoms with E-state index in [4.69, 9.17) is 4.74 Å². The van der Waals surface area contributed by atoms with E-state index >= 15 is 0 Å². The molecule has 2 aromatic rings. The molecular formula is C21H24ClN3O3. The first kappa shape index (κ1) is 20.2. The van der Waals surface area contributed by atoms with Crippen molar-refractivity contribution in [3.05, 3.63) is 59.7 Å². The molecule has 0 bridgehead atoms. The van der Waals surface area contributed by atoms with Crippen molar-refractivity contribution in [2.24, 2.45) is 0 Å². The number of hydrogen-bond acceptors (Lipinski definition) is 4. The first-order chi connectivity index (χ1) is 13.1. The summed E-state index contributed by atoms with van der Waals surface area (Å²) in [5.74, 6) is 0.547. The van der Waals surface area contributed by atoms with Crippen molar-refractivity contribution in [1.29, 1.82) is 0 Å². The quantitative estimate of drug-likeness (QED) is 0.829. The Hall–Kier alpha value is -2.57. The zero-order chi connectivity index (χ0) is 18.8. The Kier molecular flexibility index (Phi) is 6.21. The van der Waals surface area contributed by atoms with Gasteiger partial charge in [-0.05, 0) is 36.8 Å². The molecule has 2 amide bonds. The van der Waals surface area contributed by atoms with Gasteiger partial charge in [0.15, 0.2) is 6.10 Å². The van der Waals surface area contributed by atoms with E-state index in [9.17, 15) is 9.59 Å². The number of fused-ring (bicyclic) bond motifs is 1. The lowest BCUT2D eigenvalue weighted by atomic mass is 10.1. The Morgan fingerprint density at radius 2 is 2.00 bits per heavy atom. The number of piperazine rings is 1. The highest BCUT2D eigenvalue weighted by Crippen LogP contribution is 2.28. The van der Waals surface area contributed by atoms with Crippen LogP contribution in [-0.4, -0.2) is 48.5 Å². The van der Waals surface area contributed by atoms with E-state index in [0.717, 1.165) is 24.4 Å². The molecule has 28 heavy (non-hydrogen) atoms. The van der Waals surface area contributed by atoms with Crippen molar-refractivity contribution in [2.45, 2.75) is 25.5 Å². The summed E-state index contributed by atoms with van der Waals surface area (Å²) in [6, 6.07) is 14.9. The summed E-state index contributed by atoms with van der Waals surface area (Å²) in [5.41, 5.74) is 2.22. The molecule has 1 unspecified atom stereocenters. The standard InChI is InChI=1S/C21H23N3O3.ClH/c1-14-13-22-9-10-24(14)21(26)16-6-4-7-17(11-16)23-20(25)19-12-15-5-2-3-8-18(15)27-19;/h2-8,11,14,19,22H,9-10,12-13H2,1H3,(H,23,25);1H/t14-,19?;/m1./s1. The number of hydrogen-bond donors (Lipinski definition) is 2. The van der Waals surface area contributed by atoms with E-state index in [2.05, 4.69) is 10.6 Å². The highest BCUT2D eigenvalue weighted by Gasteiger charge is 2.29. The largest absolute Gasteiger partial charge is 0.480 e. The summed E-state index contributed by atoms with van der Waals surface area (Å²) < 4.78 is 5.73. The van der Waals surface area contributed by atoms with Gasteiger partial charge in [0.1, 0.15) is 5.75 Å². The molecule has 2 aliphatic heterocycles. The molecule has 0 radical (unpaired) electrons. The van der Waals surface area contributed by atoms with E-state index in [1.807, 2.05) is 36.1 Å². The van der Waals surface area contributed by atoms with Crippen LogP contribution in [0.2, 0.25) is 0 Å². The third-order valence-electron chi connectivity index (χ3n) is 5.08. The van der Waals surface area contributed by atoms with Crippen molar-refractivity contribution in [3.63, 3.8) is 0 Å². The number of rotatable bonds is 3. The van der Waals surface area contributed by atoms with Crippen LogP contribution in [0.25, 0.3) is 0 Å². The summed E-state index contributed by atoms with van der Waals surface area (Å²) >= 11 is 0. The highest BCUT2D eigenvalue weighted by molar-refractivity contribution is 5.98. The van der Waals surface area contributed by atoms with Gasteiger partial charge in [-0.25, -0.2) is 0 Å². The number of anilines is 1. The van der Waals surface area contributed by atoms with E-state index in [1.54, 1.807) is 24.3 Å². The number of ether oxygens (including phenoxy) is 1. The molecular weight excluding hydrogens is 378 g/mol. The molecule has 148 valence electrons. The second-order valence-electron chi connectivity index (χ2n) is 7.04. The Bertz CT molecular complexity index is 848. The van der Waals surface area contributed by atoms with Crippen LogP contribution in [0.1, 0.15) is 22.8 Å². The van der Waals surface area contributed by atoms with Crippen molar-refractivity contribution >= 4 is 29.9 Å². The van der Waals surface area contributed by atoms with Gasteiger partial charge in [-0.15, -0.1) is 12.4 Å². The van der Waals surface area contributed by atoms with Crippen LogP contribution >= 0.6 is 12.4 Å². The maximum absolute atomic E-state index is 12.8. The summed E-state index contributed by atoms with van der Waals surface area (Å²) in [5, 5.41) is 6.16. The maximum Gasteiger partial charge on any atom is 0.265 e. The molecule has 1 fully saturated rings. The number of nitrogens with one attached hydrogen (secondary N) is 2. The van der Waals surface area contributed by atoms with Crippen LogP contribution < -0.4 is 15.4 Å². The van der Waals surface area contributed by atoms with Crippen LogP contribution in [0.15, 0.2) is 48.5 Å². The Morgan fingerprint density at radius 3 is 2.79 bits per heavy atom. The lowest BCUT2D eigenvalue weighted by Crippen LogP contribution is -2.52. The molecule has 2 aliphatic rings. The summed E-state index contributed by atoms with van der Waals surface area (Å²) in [7, 11) is 0.